The van der Waals surface area contributed by atoms with Crippen LogP contribution in [0.2, 0.25) is 0 Å². The number of hydroxylamine groups is 2. The third kappa shape index (κ3) is 16.2. The van der Waals surface area contributed by atoms with Crippen molar-refractivity contribution >= 4 is 24.0 Å². The lowest BCUT2D eigenvalue weighted by molar-refractivity contribution is -0.171. The van der Waals surface area contributed by atoms with Gasteiger partial charge in [-0.1, -0.05) is 35.4 Å². The molecule has 5 rings (SSSR count). The van der Waals surface area contributed by atoms with Crippen molar-refractivity contribution in [3.8, 4) is 69.0 Å². The number of methoxy groups -OCH3 is 8. The number of carbonyl (C=O) groups excluding carboxylic acids is 4. The topological polar surface area (TPSA) is 249 Å². The van der Waals surface area contributed by atoms with E-state index in [1.54, 1.807) is 54.4 Å². The molecule has 0 atom stereocenters. The Balaban J connectivity index is 0.000000308. The number of rotatable bonds is 20. The number of aromatic hydroxyl groups is 3. The van der Waals surface area contributed by atoms with E-state index in [2.05, 4.69) is 10.6 Å². The molecule has 1 saturated heterocycles. The van der Waals surface area contributed by atoms with Crippen molar-refractivity contribution in [1.82, 2.24) is 15.7 Å². The number of amides is 4. The van der Waals surface area contributed by atoms with E-state index in [0.717, 1.165) is 22.3 Å². The summed E-state index contributed by atoms with van der Waals surface area (Å²) < 4.78 is 47.4. The number of nitrogens with zero attached hydrogens (tertiary/aromatic N) is 1. The summed E-state index contributed by atoms with van der Waals surface area (Å²) in [7, 11) is 11.9. The molecule has 0 aliphatic carbocycles. The first-order valence-corrected chi connectivity index (χ1v) is 23.3. The van der Waals surface area contributed by atoms with Crippen LogP contribution in [0.4, 0.5) is 9.59 Å². The van der Waals surface area contributed by atoms with Gasteiger partial charge < -0.3 is 73.4 Å². The largest absolute Gasteiger partial charge is 0.504 e. The summed E-state index contributed by atoms with van der Waals surface area (Å²) in [6.07, 6.45) is 4.69. The molecule has 0 spiro atoms. The summed E-state index contributed by atoms with van der Waals surface area (Å²) >= 11 is 0. The molecule has 4 aromatic carbocycles. The van der Waals surface area contributed by atoms with Crippen molar-refractivity contribution in [3.05, 3.63) is 93.1 Å². The number of phenolic OH excluding ortho intramolecular Hbond substituents is 3. The van der Waals surface area contributed by atoms with E-state index in [1.165, 1.54) is 28.4 Å². The number of carbonyl (C=O) groups is 4. The smallest absolute Gasteiger partial charge is 0.432 e. The molecule has 20 nitrogen and oxygen atoms in total. The Kier molecular flexibility index (Phi) is 23.9. The Morgan fingerprint density at radius 2 is 0.919 bits per heavy atom. The van der Waals surface area contributed by atoms with E-state index in [0.29, 0.717) is 82.5 Å². The average molecular weight is 1030 g/mol. The highest BCUT2D eigenvalue weighted by molar-refractivity contribution is 6.01. The molecule has 1 aliphatic heterocycles. The van der Waals surface area contributed by atoms with E-state index in [9.17, 15) is 34.5 Å². The fourth-order valence-corrected chi connectivity index (χ4v) is 7.26. The van der Waals surface area contributed by atoms with Crippen molar-refractivity contribution in [3.63, 3.8) is 0 Å². The van der Waals surface area contributed by atoms with Gasteiger partial charge in [-0.25, -0.2) is 9.59 Å². The van der Waals surface area contributed by atoms with E-state index in [4.69, 9.17) is 47.5 Å². The van der Waals surface area contributed by atoms with Crippen LogP contribution in [0.3, 0.4) is 0 Å². The van der Waals surface area contributed by atoms with Gasteiger partial charge >= 0.3 is 12.2 Å². The van der Waals surface area contributed by atoms with Crippen LogP contribution in [0.25, 0.3) is 0 Å². The second-order valence-corrected chi connectivity index (χ2v) is 16.8. The molecule has 0 unspecified atom stereocenters. The maximum Gasteiger partial charge on any atom is 0.432 e. The maximum absolute atomic E-state index is 12.6. The number of hydrogen-bond acceptors (Lipinski definition) is 17. The van der Waals surface area contributed by atoms with Gasteiger partial charge in [-0.2, -0.15) is 0 Å². The van der Waals surface area contributed by atoms with Gasteiger partial charge in [-0.3, -0.25) is 9.59 Å². The normalized spacial score (nSPS) is 11.4. The first-order valence-electron chi connectivity index (χ1n) is 23.3. The van der Waals surface area contributed by atoms with Crippen LogP contribution in [0, 0.1) is 13.8 Å². The molecule has 0 saturated carbocycles. The van der Waals surface area contributed by atoms with Gasteiger partial charge in [0, 0.05) is 48.2 Å². The van der Waals surface area contributed by atoms with Crippen LogP contribution in [-0.2, 0) is 40.1 Å². The monoisotopic (exact) mass is 1030 g/mol. The molecule has 404 valence electrons. The number of nitrogens with one attached hydrogen (secondary N) is 2. The van der Waals surface area contributed by atoms with Gasteiger partial charge in [0.15, 0.2) is 46.0 Å². The van der Waals surface area contributed by atoms with Crippen LogP contribution < -0.4 is 53.3 Å². The SMILES string of the molecule is COc1c(O)c(C)c(CC=C(C)C)c(O)c1OC.COc1ccc(CCNC(=O)ON2C(=O)CCC2=O)cc1OC.COc1ccc(CCNC(=O)Oc2c(C)c(CC=C(C)C)c(O)c(OC)c2OC)cc1OC. The Morgan fingerprint density at radius 1 is 0.527 bits per heavy atom. The molecular weight excluding hydrogens is 963 g/mol. The summed E-state index contributed by atoms with van der Waals surface area (Å²) in [6.45, 7) is 12.0. The molecule has 0 bridgehead atoms. The second kappa shape index (κ2) is 29.4. The predicted octanol–water partition coefficient (Wildman–Crippen LogP) is 8.54. The summed E-state index contributed by atoms with van der Waals surface area (Å²) in [5.41, 5.74) is 6.57. The van der Waals surface area contributed by atoms with Crippen LogP contribution in [0.1, 0.15) is 73.9 Å². The molecular formula is C54H71N3O17. The highest BCUT2D eigenvalue weighted by Crippen LogP contribution is 2.50. The van der Waals surface area contributed by atoms with E-state index in [-0.39, 0.29) is 65.4 Å². The third-order valence-corrected chi connectivity index (χ3v) is 11.3. The minimum absolute atomic E-state index is 0.00399. The van der Waals surface area contributed by atoms with Crippen molar-refractivity contribution in [2.24, 2.45) is 0 Å². The Labute approximate surface area is 432 Å². The zero-order valence-corrected chi connectivity index (χ0v) is 44.8. The zero-order valence-electron chi connectivity index (χ0n) is 44.8. The maximum atomic E-state index is 12.6. The molecule has 4 aromatic rings. The van der Waals surface area contributed by atoms with Crippen molar-refractivity contribution in [1.29, 1.82) is 0 Å². The summed E-state index contributed by atoms with van der Waals surface area (Å²) in [5, 5.41) is 36.6. The Morgan fingerprint density at radius 3 is 1.32 bits per heavy atom. The number of benzene rings is 4. The molecule has 20 heteroatoms. The lowest BCUT2D eigenvalue weighted by atomic mass is 10.0. The van der Waals surface area contributed by atoms with Crippen LogP contribution in [0.15, 0.2) is 59.7 Å². The van der Waals surface area contributed by atoms with Crippen LogP contribution >= 0.6 is 0 Å². The number of hydrogen-bond donors (Lipinski definition) is 5. The van der Waals surface area contributed by atoms with Crippen molar-refractivity contribution in [2.45, 2.75) is 80.1 Å². The predicted molar refractivity (Wildman–Crippen MR) is 276 cm³/mol. The number of imide groups is 1. The molecule has 0 radical (unpaired) electrons. The average Bonchev–Trinajstić information content (AvgIpc) is 3.69. The van der Waals surface area contributed by atoms with Crippen LogP contribution in [-0.4, -0.2) is 114 Å². The highest BCUT2D eigenvalue weighted by Gasteiger charge is 2.33. The Bertz CT molecular complexity index is 2640. The second-order valence-electron chi connectivity index (χ2n) is 16.8. The van der Waals surface area contributed by atoms with Crippen molar-refractivity contribution < 1.29 is 82.0 Å². The summed E-state index contributed by atoms with van der Waals surface area (Å²) in [6, 6.07) is 11.0. The van der Waals surface area contributed by atoms with Gasteiger partial charge in [0.05, 0.1) is 56.9 Å². The molecule has 1 fully saturated rings. The third-order valence-electron chi connectivity index (χ3n) is 11.3. The first kappa shape index (κ1) is 60.1. The first-order chi connectivity index (χ1) is 35.2. The van der Waals surface area contributed by atoms with Gasteiger partial charge in [0.25, 0.3) is 11.8 Å². The molecule has 1 aliphatic rings. The lowest BCUT2D eigenvalue weighted by Crippen LogP contribution is -2.37. The van der Waals surface area contributed by atoms with E-state index >= 15 is 0 Å². The fraction of sp³-hybridized carbons (Fsp3) is 0.407. The van der Waals surface area contributed by atoms with Gasteiger partial charge in [0.2, 0.25) is 23.0 Å². The molecule has 4 amide bonds. The lowest BCUT2D eigenvalue weighted by Gasteiger charge is -2.20. The highest BCUT2D eigenvalue weighted by atomic mass is 16.7. The number of allylic oxidation sites excluding steroid dienone is 4. The van der Waals surface area contributed by atoms with Gasteiger partial charge in [-0.15, -0.1) is 5.06 Å². The van der Waals surface area contributed by atoms with E-state index < -0.39 is 24.0 Å². The van der Waals surface area contributed by atoms with E-state index in [1.807, 2.05) is 64.1 Å². The molecule has 74 heavy (non-hydrogen) atoms. The minimum atomic E-state index is -0.839. The van der Waals surface area contributed by atoms with Crippen LogP contribution in [0.5, 0.6) is 69.0 Å². The quantitative estimate of drug-likeness (QED) is 0.0316. The molecule has 0 aromatic heterocycles. The Hall–Kier alpha value is -8.16. The summed E-state index contributed by atoms with van der Waals surface area (Å²) in [4.78, 5) is 51.5. The number of ether oxygens (including phenoxy) is 9. The van der Waals surface area contributed by atoms with Gasteiger partial charge in [-0.05, 0) is 103 Å². The number of phenols is 3. The molecule has 5 N–H and O–H groups in total. The zero-order chi connectivity index (χ0) is 55.2. The molecule has 1 heterocycles. The fourth-order valence-electron chi connectivity index (χ4n) is 7.26. The van der Waals surface area contributed by atoms with Crippen molar-refractivity contribution in [2.75, 3.05) is 70.0 Å². The standard InChI is InChI=1S/C25H33NO7.C15H18N2O6.C14H20O4/c1-15(2)8-10-18-16(3)22(24(32-7)23(31-6)21(18)27)33-25(28)26-13-12-17-9-11-19(29-4)20(14-17)30-5;1-21-11-4-3-10(9-12(11)22-2)7-8-16-15(20)23-17-13(18)5-6-14(17)19;1-8(2)6-7-10-9(3)11(15)13(17-4)14(18-5)12(10)16/h8-9,11,14,27H,10,12-13H2,1-7H3,(H,26,28);3-4,9H,5-8H2,1-2H3,(H,16,20);6,15-16H,7H2,1-5H3. The summed E-state index contributed by atoms with van der Waals surface area (Å²) in [5.74, 6) is 2.25. The minimum Gasteiger partial charge on any atom is -0.504 e. The van der Waals surface area contributed by atoms with Gasteiger partial charge in [0.1, 0.15) is 0 Å².